The maximum atomic E-state index is 15.2. The summed E-state index contributed by atoms with van der Waals surface area (Å²) in [4.78, 5) is 24.3. The van der Waals surface area contributed by atoms with Crippen molar-refractivity contribution in [3.63, 3.8) is 0 Å². The highest BCUT2D eigenvalue weighted by molar-refractivity contribution is 6.01. The van der Waals surface area contributed by atoms with Crippen LogP contribution in [0.2, 0.25) is 0 Å². The second-order valence-corrected chi connectivity index (χ2v) is 9.71. The summed E-state index contributed by atoms with van der Waals surface area (Å²) in [7, 11) is 0. The molecule has 0 amide bonds. The van der Waals surface area contributed by atoms with Crippen molar-refractivity contribution in [3.05, 3.63) is 23.8 Å². The Morgan fingerprint density at radius 2 is 2.04 bits per heavy atom. The Balaban J connectivity index is 1.77. The summed E-state index contributed by atoms with van der Waals surface area (Å²) in [5.41, 5.74) is -0.599. The van der Waals surface area contributed by atoms with Crippen LogP contribution in [0.4, 0.5) is 4.39 Å². The molecule has 0 aromatic rings. The molecule has 0 heterocycles. The highest BCUT2D eigenvalue weighted by Crippen LogP contribution is 2.67. The number of aliphatic hydroxyl groups is 2. The number of fused-ring (bicyclic) bond motifs is 5. The van der Waals surface area contributed by atoms with Crippen LogP contribution < -0.4 is 0 Å². The zero-order valence-corrected chi connectivity index (χ0v) is 16.2. The number of halogens is 1. The van der Waals surface area contributed by atoms with Crippen molar-refractivity contribution in [1.82, 2.24) is 0 Å². The molecule has 2 N–H and O–H groups in total. The van der Waals surface area contributed by atoms with Crippen LogP contribution in [0.1, 0.15) is 40.0 Å². The van der Waals surface area contributed by atoms with Crippen LogP contribution >= 0.6 is 0 Å². The quantitative estimate of drug-likeness (QED) is 0.777. The second-order valence-electron chi connectivity index (χ2n) is 9.71. The third-order valence-electron chi connectivity index (χ3n) is 8.32. The molecule has 3 fully saturated rings. The molecule has 0 bridgehead atoms. The second kappa shape index (κ2) is 6.08. The molecule has 4 rings (SSSR count). The lowest BCUT2D eigenvalue weighted by molar-refractivity contribution is -0.144. The summed E-state index contributed by atoms with van der Waals surface area (Å²) in [5, 5.41) is 20.6. The van der Waals surface area contributed by atoms with Gasteiger partial charge in [-0.15, -0.1) is 0 Å². The first-order valence-corrected chi connectivity index (χ1v) is 10.0. The summed E-state index contributed by atoms with van der Waals surface area (Å²) in [6, 6.07) is 0. The van der Waals surface area contributed by atoms with E-state index in [2.05, 4.69) is 0 Å². The van der Waals surface area contributed by atoms with Crippen LogP contribution in [0.25, 0.3) is 0 Å². The summed E-state index contributed by atoms with van der Waals surface area (Å²) in [5.74, 6) is -0.626. The SMILES string of the molecule is CC1C[C@H]2[C@@H]3C[C@H](F)C4=CC(=O)C=C[C@]4(C)[C@H]3[C@@H](O)C[C@]2(C)[C@H]1C(=O)CO. The van der Waals surface area contributed by atoms with Crippen LogP contribution in [0.3, 0.4) is 0 Å². The predicted molar refractivity (Wildman–Crippen MR) is 98.4 cm³/mol. The van der Waals surface area contributed by atoms with Gasteiger partial charge in [0.1, 0.15) is 12.8 Å². The molecule has 5 heteroatoms. The first-order valence-electron chi connectivity index (χ1n) is 10.0. The van der Waals surface area contributed by atoms with Crippen LogP contribution in [0.5, 0.6) is 0 Å². The van der Waals surface area contributed by atoms with Gasteiger partial charge >= 0.3 is 0 Å². The number of hydrogen-bond donors (Lipinski definition) is 2. The largest absolute Gasteiger partial charge is 0.393 e. The lowest BCUT2D eigenvalue weighted by atomic mass is 9.46. The number of alkyl halides is 1. The average Bonchev–Trinajstić information content (AvgIpc) is 2.85. The molecular formula is C22H29FO4. The zero-order chi connectivity index (χ0) is 19.7. The maximum absolute atomic E-state index is 15.2. The molecule has 4 aliphatic rings. The van der Waals surface area contributed by atoms with Crippen molar-refractivity contribution >= 4 is 11.6 Å². The molecule has 148 valence electrons. The smallest absolute Gasteiger partial charge is 0.178 e. The first-order chi connectivity index (χ1) is 12.6. The van der Waals surface area contributed by atoms with Crippen LogP contribution in [-0.4, -0.2) is 40.7 Å². The van der Waals surface area contributed by atoms with E-state index >= 15 is 4.39 Å². The predicted octanol–water partition coefficient (Wildman–Crippen LogP) is 2.64. The Morgan fingerprint density at radius 3 is 2.70 bits per heavy atom. The van der Waals surface area contributed by atoms with Crippen molar-refractivity contribution in [2.24, 2.45) is 40.4 Å². The number of allylic oxidation sites excluding steroid dienone is 4. The Bertz CT molecular complexity index is 743. The molecule has 9 atom stereocenters. The van der Waals surface area contributed by atoms with Crippen LogP contribution in [0.15, 0.2) is 23.8 Å². The van der Waals surface area contributed by atoms with E-state index < -0.39 is 29.7 Å². The molecule has 0 aromatic heterocycles. The van der Waals surface area contributed by atoms with E-state index in [0.29, 0.717) is 12.0 Å². The van der Waals surface area contributed by atoms with E-state index in [9.17, 15) is 19.8 Å². The van der Waals surface area contributed by atoms with Gasteiger partial charge in [-0.3, -0.25) is 9.59 Å². The molecule has 0 aromatic carbocycles. The highest BCUT2D eigenvalue weighted by atomic mass is 19.1. The molecule has 0 radical (unpaired) electrons. The van der Waals surface area contributed by atoms with Crippen molar-refractivity contribution in [2.45, 2.75) is 52.3 Å². The minimum Gasteiger partial charge on any atom is -0.393 e. The number of carbonyl (C=O) groups excluding carboxylic acids is 2. The molecule has 27 heavy (non-hydrogen) atoms. The summed E-state index contributed by atoms with van der Waals surface area (Å²) >= 11 is 0. The molecular weight excluding hydrogens is 347 g/mol. The van der Waals surface area contributed by atoms with E-state index in [0.717, 1.165) is 6.42 Å². The lowest BCUT2D eigenvalue weighted by Crippen LogP contribution is -2.58. The fraction of sp³-hybridized carbons (Fsp3) is 0.727. The molecule has 0 saturated heterocycles. The maximum Gasteiger partial charge on any atom is 0.178 e. The minimum atomic E-state index is -1.21. The normalized spacial score (nSPS) is 51.3. The van der Waals surface area contributed by atoms with Crippen molar-refractivity contribution in [3.8, 4) is 0 Å². The fourth-order valence-corrected chi connectivity index (χ4v) is 7.49. The Hall–Kier alpha value is -1.33. The van der Waals surface area contributed by atoms with E-state index in [4.69, 9.17) is 0 Å². The monoisotopic (exact) mass is 376 g/mol. The summed E-state index contributed by atoms with van der Waals surface area (Å²) < 4.78 is 15.2. The minimum absolute atomic E-state index is 0.0484. The third-order valence-corrected chi connectivity index (χ3v) is 8.32. The van der Waals surface area contributed by atoms with Gasteiger partial charge in [-0.2, -0.15) is 0 Å². The Labute approximate surface area is 159 Å². The highest BCUT2D eigenvalue weighted by Gasteiger charge is 2.65. The van der Waals surface area contributed by atoms with E-state index in [1.165, 1.54) is 12.2 Å². The van der Waals surface area contributed by atoms with Gasteiger partial charge in [0.15, 0.2) is 11.6 Å². The van der Waals surface area contributed by atoms with Gasteiger partial charge in [-0.05, 0) is 60.2 Å². The average molecular weight is 376 g/mol. The van der Waals surface area contributed by atoms with Crippen LogP contribution in [-0.2, 0) is 9.59 Å². The van der Waals surface area contributed by atoms with Crippen molar-refractivity contribution in [1.29, 1.82) is 0 Å². The van der Waals surface area contributed by atoms with Crippen molar-refractivity contribution in [2.75, 3.05) is 6.61 Å². The van der Waals surface area contributed by atoms with Gasteiger partial charge in [-0.1, -0.05) is 26.8 Å². The first kappa shape index (κ1) is 19.0. The standard InChI is InChI=1S/C22H29FO4/c1-11-6-14-13-8-16(23)15-7-12(25)4-5-21(15,2)20(13)17(26)9-22(14,3)19(11)18(27)10-24/h4-5,7,11,13-14,16-17,19-20,24,26H,6,8-10H2,1-3H3/t11?,13-,14-,16-,17-,19+,20+,21-,22-/m0/s1. The van der Waals surface area contributed by atoms with E-state index in [1.54, 1.807) is 6.08 Å². The number of carbonyl (C=O) groups is 2. The molecule has 4 aliphatic carbocycles. The van der Waals surface area contributed by atoms with Gasteiger partial charge in [0, 0.05) is 17.3 Å². The van der Waals surface area contributed by atoms with Gasteiger partial charge < -0.3 is 10.2 Å². The topological polar surface area (TPSA) is 74.6 Å². The fourth-order valence-electron chi connectivity index (χ4n) is 7.49. The number of ketones is 2. The van der Waals surface area contributed by atoms with E-state index in [1.807, 2.05) is 20.8 Å². The van der Waals surface area contributed by atoms with Crippen molar-refractivity contribution < 1.29 is 24.2 Å². The third kappa shape index (κ3) is 2.47. The van der Waals surface area contributed by atoms with Gasteiger partial charge in [-0.25, -0.2) is 4.39 Å². The summed E-state index contributed by atoms with van der Waals surface area (Å²) in [6.07, 6.45) is 4.39. The number of Topliss-reactive ketones (excluding diaryl/α,β-unsaturated/α-hetero) is 1. The molecule has 3 saturated carbocycles. The number of hydrogen-bond acceptors (Lipinski definition) is 4. The van der Waals surface area contributed by atoms with Gasteiger partial charge in [0.25, 0.3) is 0 Å². The van der Waals surface area contributed by atoms with Crippen LogP contribution in [0, 0.1) is 40.4 Å². The molecule has 0 aliphatic heterocycles. The lowest BCUT2D eigenvalue weighted by Gasteiger charge is -2.59. The molecule has 1 unspecified atom stereocenters. The zero-order valence-electron chi connectivity index (χ0n) is 16.2. The number of aliphatic hydroxyl groups excluding tert-OH is 2. The number of rotatable bonds is 2. The van der Waals surface area contributed by atoms with Gasteiger partial charge in [0.05, 0.1) is 6.10 Å². The van der Waals surface area contributed by atoms with E-state index in [-0.39, 0.29) is 47.6 Å². The summed E-state index contributed by atoms with van der Waals surface area (Å²) in [6.45, 7) is 5.53. The molecule has 0 spiro atoms. The Kier molecular flexibility index (Phi) is 4.28. The van der Waals surface area contributed by atoms with Gasteiger partial charge in [0.2, 0.25) is 0 Å². The Morgan fingerprint density at radius 1 is 1.33 bits per heavy atom. The molecule has 4 nitrogen and oxygen atoms in total.